The Morgan fingerprint density at radius 1 is 1.41 bits per heavy atom. The Bertz CT molecular complexity index is 524. The van der Waals surface area contributed by atoms with Gasteiger partial charge in [-0.15, -0.1) is 0 Å². The number of nitriles is 1. The summed E-state index contributed by atoms with van der Waals surface area (Å²) >= 11 is 6.18. The highest BCUT2D eigenvalue weighted by Crippen LogP contribution is 2.34. The van der Waals surface area contributed by atoms with Crippen LogP contribution in [0, 0.1) is 16.7 Å². The van der Waals surface area contributed by atoms with E-state index in [0.29, 0.717) is 39.0 Å². The summed E-state index contributed by atoms with van der Waals surface area (Å²) in [7, 11) is 0. The first-order valence-corrected chi connectivity index (χ1v) is 8.09. The van der Waals surface area contributed by atoms with E-state index in [-0.39, 0.29) is 6.04 Å². The maximum absolute atomic E-state index is 10.3. The summed E-state index contributed by atoms with van der Waals surface area (Å²) in [6.07, 6.45) is 1.32. The molecule has 0 bridgehead atoms. The van der Waals surface area contributed by atoms with Gasteiger partial charge >= 0.3 is 0 Å². The molecule has 120 valence electrons. The van der Waals surface area contributed by atoms with Crippen molar-refractivity contribution in [2.45, 2.75) is 38.3 Å². The fourth-order valence-electron chi connectivity index (χ4n) is 2.90. The van der Waals surface area contributed by atoms with Crippen LogP contribution in [0.25, 0.3) is 0 Å². The van der Waals surface area contributed by atoms with Crippen LogP contribution in [-0.2, 0) is 4.74 Å². The second kappa shape index (κ2) is 7.94. The van der Waals surface area contributed by atoms with Gasteiger partial charge in [-0.05, 0) is 37.8 Å². The largest absolute Gasteiger partial charge is 0.392 e. The molecule has 0 spiro atoms. The van der Waals surface area contributed by atoms with Crippen LogP contribution in [0.4, 0.5) is 0 Å². The number of hydrogen-bond donors (Lipinski definition) is 2. The zero-order valence-electron chi connectivity index (χ0n) is 12.9. The highest BCUT2D eigenvalue weighted by Gasteiger charge is 2.34. The molecule has 2 unspecified atom stereocenters. The van der Waals surface area contributed by atoms with Crippen LogP contribution >= 0.6 is 11.6 Å². The van der Waals surface area contributed by atoms with Crippen molar-refractivity contribution in [1.82, 2.24) is 5.32 Å². The van der Waals surface area contributed by atoms with E-state index in [9.17, 15) is 10.4 Å². The lowest BCUT2D eigenvalue weighted by molar-refractivity contribution is 0.0139. The second-order valence-electron chi connectivity index (χ2n) is 6.01. The van der Waals surface area contributed by atoms with E-state index in [2.05, 4.69) is 11.4 Å². The van der Waals surface area contributed by atoms with Crippen molar-refractivity contribution >= 4 is 11.6 Å². The Morgan fingerprint density at radius 3 is 2.73 bits per heavy atom. The minimum absolute atomic E-state index is 0.0519. The molecule has 2 N–H and O–H groups in total. The number of aliphatic hydroxyl groups is 1. The number of rotatable bonds is 6. The first kappa shape index (κ1) is 17.2. The van der Waals surface area contributed by atoms with Crippen molar-refractivity contribution in [3.63, 3.8) is 0 Å². The molecular formula is C17H23ClN2O2. The third-order valence-electron chi connectivity index (χ3n) is 4.34. The first-order chi connectivity index (χ1) is 10.6. The predicted octanol–water partition coefficient (Wildman–Crippen LogP) is 3.06. The summed E-state index contributed by atoms with van der Waals surface area (Å²) in [5, 5.41) is 23.7. The number of nitrogens with one attached hydrogen (secondary N) is 1. The Morgan fingerprint density at radius 2 is 2.09 bits per heavy atom. The van der Waals surface area contributed by atoms with Crippen LogP contribution < -0.4 is 5.32 Å². The van der Waals surface area contributed by atoms with Crippen molar-refractivity contribution in [3.05, 3.63) is 34.9 Å². The molecule has 1 heterocycles. The van der Waals surface area contributed by atoms with E-state index in [1.807, 2.05) is 31.2 Å². The van der Waals surface area contributed by atoms with E-state index >= 15 is 0 Å². The number of aliphatic hydroxyl groups excluding tert-OH is 1. The molecule has 5 heteroatoms. The lowest BCUT2D eigenvalue weighted by Crippen LogP contribution is -2.37. The molecule has 1 aliphatic rings. The summed E-state index contributed by atoms with van der Waals surface area (Å²) in [6.45, 7) is 3.66. The number of benzene rings is 1. The molecule has 0 radical (unpaired) electrons. The molecule has 22 heavy (non-hydrogen) atoms. The standard InChI is InChI=1S/C17H23ClN2O2/c1-13(15-4-2-3-5-16(15)18)20-11-14(21)10-17(12-19)6-8-22-9-7-17/h2-5,13-14,20-21H,6-11H2,1H3. The molecule has 0 aromatic heterocycles. The highest BCUT2D eigenvalue weighted by molar-refractivity contribution is 6.31. The first-order valence-electron chi connectivity index (χ1n) is 7.71. The molecule has 0 aliphatic carbocycles. The summed E-state index contributed by atoms with van der Waals surface area (Å²) in [4.78, 5) is 0. The Hall–Kier alpha value is -1.12. The monoisotopic (exact) mass is 322 g/mol. The normalized spacial score (nSPS) is 20.1. The SMILES string of the molecule is CC(NCC(O)CC1(C#N)CCOCC1)c1ccccc1Cl. The van der Waals surface area contributed by atoms with Crippen molar-refractivity contribution < 1.29 is 9.84 Å². The van der Waals surface area contributed by atoms with Crippen LogP contribution in [0.5, 0.6) is 0 Å². The molecule has 1 saturated heterocycles. The van der Waals surface area contributed by atoms with Crippen molar-refractivity contribution in [1.29, 1.82) is 5.26 Å². The zero-order chi connectivity index (χ0) is 16.0. The molecule has 0 amide bonds. The van der Waals surface area contributed by atoms with Crippen LogP contribution in [0.15, 0.2) is 24.3 Å². The predicted molar refractivity (Wildman–Crippen MR) is 86.6 cm³/mol. The lowest BCUT2D eigenvalue weighted by atomic mass is 9.77. The minimum Gasteiger partial charge on any atom is -0.392 e. The van der Waals surface area contributed by atoms with Gasteiger partial charge in [0, 0.05) is 30.8 Å². The van der Waals surface area contributed by atoms with Gasteiger partial charge in [0.15, 0.2) is 0 Å². The fraction of sp³-hybridized carbons (Fsp3) is 0.588. The smallest absolute Gasteiger partial charge is 0.0692 e. The number of halogens is 1. The average Bonchev–Trinajstić information content (AvgIpc) is 2.54. The summed E-state index contributed by atoms with van der Waals surface area (Å²) in [6, 6.07) is 10.1. The fourth-order valence-corrected chi connectivity index (χ4v) is 3.20. The molecular weight excluding hydrogens is 300 g/mol. The van der Waals surface area contributed by atoms with Gasteiger partial charge in [-0.2, -0.15) is 5.26 Å². The Kier molecular flexibility index (Phi) is 6.22. The van der Waals surface area contributed by atoms with E-state index in [1.165, 1.54) is 0 Å². The van der Waals surface area contributed by atoms with E-state index in [4.69, 9.17) is 16.3 Å². The number of nitrogens with zero attached hydrogens (tertiary/aromatic N) is 1. The molecule has 1 aromatic carbocycles. The van der Waals surface area contributed by atoms with Crippen molar-refractivity contribution in [3.8, 4) is 6.07 Å². The van der Waals surface area contributed by atoms with E-state index in [1.54, 1.807) is 0 Å². The minimum atomic E-state index is -0.553. The molecule has 1 aliphatic heterocycles. The van der Waals surface area contributed by atoms with Crippen LogP contribution in [-0.4, -0.2) is 31.0 Å². The van der Waals surface area contributed by atoms with E-state index < -0.39 is 11.5 Å². The maximum Gasteiger partial charge on any atom is 0.0692 e. The van der Waals surface area contributed by atoms with Gasteiger partial charge in [0.05, 0.1) is 17.6 Å². The Balaban J connectivity index is 1.86. The van der Waals surface area contributed by atoms with Gasteiger partial charge in [0.1, 0.15) is 0 Å². The van der Waals surface area contributed by atoms with Crippen LogP contribution in [0.2, 0.25) is 5.02 Å². The third-order valence-corrected chi connectivity index (χ3v) is 4.69. The molecule has 2 atom stereocenters. The van der Waals surface area contributed by atoms with Crippen molar-refractivity contribution in [2.24, 2.45) is 5.41 Å². The van der Waals surface area contributed by atoms with Crippen LogP contribution in [0.3, 0.4) is 0 Å². The second-order valence-corrected chi connectivity index (χ2v) is 6.42. The molecule has 1 fully saturated rings. The summed E-state index contributed by atoms with van der Waals surface area (Å²) < 4.78 is 5.31. The average molecular weight is 323 g/mol. The van der Waals surface area contributed by atoms with E-state index in [0.717, 1.165) is 10.6 Å². The molecule has 2 rings (SSSR count). The van der Waals surface area contributed by atoms with Gasteiger partial charge in [-0.1, -0.05) is 29.8 Å². The maximum atomic E-state index is 10.3. The van der Waals surface area contributed by atoms with Gasteiger partial charge in [-0.3, -0.25) is 0 Å². The van der Waals surface area contributed by atoms with Gasteiger partial charge in [-0.25, -0.2) is 0 Å². The Labute approximate surface area is 137 Å². The van der Waals surface area contributed by atoms with Gasteiger partial charge < -0.3 is 15.2 Å². The summed E-state index contributed by atoms with van der Waals surface area (Å²) in [5.74, 6) is 0. The number of hydrogen-bond acceptors (Lipinski definition) is 4. The quantitative estimate of drug-likeness (QED) is 0.844. The van der Waals surface area contributed by atoms with Gasteiger partial charge in [0.2, 0.25) is 0 Å². The van der Waals surface area contributed by atoms with Gasteiger partial charge in [0.25, 0.3) is 0 Å². The molecule has 4 nitrogen and oxygen atoms in total. The van der Waals surface area contributed by atoms with Crippen LogP contribution in [0.1, 0.15) is 37.8 Å². The topological polar surface area (TPSA) is 65.3 Å². The zero-order valence-corrected chi connectivity index (χ0v) is 13.6. The lowest BCUT2D eigenvalue weighted by Gasteiger charge is -2.32. The van der Waals surface area contributed by atoms with Crippen molar-refractivity contribution in [2.75, 3.05) is 19.8 Å². The number of ether oxygens (including phenoxy) is 1. The molecule has 1 aromatic rings. The summed E-state index contributed by atoms with van der Waals surface area (Å²) in [5.41, 5.74) is 0.560. The highest BCUT2D eigenvalue weighted by atomic mass is 35.5. The molecule has 0 saturated carbocycles. The third kappa shape index (κ3) is 4.44.